The van der Waals surface area contributed by atoms with Crippen molar-refractivity contribution >= 4 is 17.6 Å². The van der Waals surface area contributed by atoms with Crippen molar-refractivity contribution in [1.82, 2.24) is 0 Å². The molecular formula is C19H20FNO4. The lowest BCUT2D eigenvalue weighted by Gasteiger charge is -2.14. The number of benzene rings is 2. The topological polar surface area (TPSA) is 75.6 Å². The summed E-state index contributed by atoms with van der Waals surface area (Å²) >= 11 is 0. The molecule has 0 spiro atoms. The van der Waals surface area contributed by atoms with Crippen LogP contribution in [0.2, 0.25) is 0 Å². The molecule has 6 heteroatoms. The molecule has 0 aliphatic carbocycles. The van der Waals surface area contributed by atoms with Gasteiger partial charge >= 0.3 is 5.97 Å². The fourth-order valence-electron chi connectivity index (χ4n) is 2.24. The highest BCUT2D eigenvalue weighted by Crippen LogP contribution is 2.27. The van der Waals surface area contributed by atoms with Crippen LogP contribution < -0.4 is 10.1 Å². The van der Waals surface area contributed by atoms with Gasteiger partial charge in [-0.3, -0.25) is 9.59 Å². The largest absolute Gasteiger partial charge is 0.491 e. The van der Waals surface area contributed by atoms with Gasteiger partial charge in [0.2, 0.25) is 0 Å². The number of anilines is 1. The second-order valence-corrected chi connectivity index (χ2v) is 5.54. The molecule has 132 valence electrons. The van der Waals surface area contributed by atoms with Gasteiger partial charge in [0.25, 0.3) is 5.91 Å². The second-order valence-electron chi connectivity index (χ2n) is 5.54. The minimum Gasteiger partial charge on any atom is -0.491 e. The molecule has 2 aromatic carbocycles. The van der Waals surface area contributed by atoms with E-state index in [2.05, 4.69) is 5.32 Å². The van der Waals surface area contributed by atoms with Gasteiger partial charge in [-0.2, -0.15) is 0 Å². The lowest BCUT2D eigenvalue weighted by atomic mass is 10.1. The Balaban J connectivity index is 2.23. The summed E-state index contributed by atoms with van der Waals surface area (Å²) in [5.74, 6) is -1.36. The molecular weight excluding hydrogens is 325 g/mol. The SMILES string of the molecule is CCCOc1ccc(CCC(=O)O)cc1NC(=O)c1cccc(F)c1. The Kier molecular flexibility index (Phi) is 6.51. The maximum absolute atomic E-state index is 13.3. The van der Waals surface area contributed by atoms with Crippen LogP contribution in [0.4, 0.5) is 10.1 Å². The minimum absolute atomic E-state index is 0.00749. The first-order chi connectivity index (χ1) is 12.0. The van der Waals surface area contributed by atoms with Crippen LogP contribution in [0.5, 0.6) is 5.75 Å². The predicted octanol–water partition coefficient (Wildman–Crippen LogP) is 3.88. The number of nitrogens with one attached hydrogen (secondary N) is 1. The molecule has 0 fully saturated rings. The molecule has 0 aliphatic rings. The zero-order valence-electron chi connectivity index (χ0n) is 13.9. The third-order valence-corrected chi connectivity index (χ3v) is 3.47. The van der Waals surface area contributed by atoms with Gasteiger partial charge in [-0.25, -0.2) is 4.39 Å². The highest BCUT2D eigenvalue weighted by Gasteiger charge is 2.12. The van der Waals surface area contributed by atoms with Crippen LogP contribution in [0, 0.1) is 5.82 Å². The Bertz CT molecular complexity index is 761. The molecule has 0 bridgehead atoms. The van der Waals surface area contributed by atoms with Crippen LogP contribution in [0.25, 0.3) is 0 Å². The van der Waals surface area contributed by atoms with E-state index in [9.17, 15) is 14.0 Å². The fourth-order valence-corrected chi connectivity index (χ4v) is 2.24. The van der Waals surface area contributed by atoms with E-state index in [0.29, 0.717) is 24.5 Å². The zero-order valence-corrected chi connectivity index (χ0v) is 13.9. The number of rotatable bonds is 8. The Labute approximate surface area is 145 Å². The first-order valence-electron chi connectivity index (χ1n) is 8.04. The van der Waals surface area contributed by atoms with E-state index in [4.69, 9.17) is 9.84 Å². The molecule has 0 atom stereocenters. The van der Waals surface area contributed by atoms with Gasteiger partial charge in [-0.15, -0.1) is 0 Å². The van der Waals surface area contributed by atoms with E-state index in [-0.39, 0.29) is 12.0 Å². The van der Waals surface area contributed by atoms with Crippen LogP contribution in [-0.4, -0.2) is 23.6 Å². The Hall–Kier alpha value is -2.89. The van der Waals surface area contributed by atoms with Crippen LogP contribution in [-0.2, 0) is 11.2 Å². The van der Waals surface area contributed by atoms with Gasteiger partial charge in [-0.1, -0.05) is 19.1 Å². The molecule has 5 nitrogen and oxygen atoms in total. The van der Waals surface area contributed by atoms with Gasteiger partial charge < -0.3 is 15.2 Å². The lowest BCUT2D eigenvalue weighted by Crippen LogP contribution is -2.13. The molecule has 0 unspecified atom stereocenters. The zero-order chi connectivity index (χ0) is 18.2. The minimum atomic E-state index is -0.892. The highest BCUT2D eigenvalue weighted by atomic mass is 19.1. The molecule has 0 aliphatic heterocycles. The van der Waals surface area contributed by atoms with Crippen LogP contribution in [0.1, 0.15) is 35.7 Å². The number of carboxylic acids is 1. The number of aryl methyl sites for hydroxylation is 1. The van der Waals surface area contributed by atoms with E-state index in [1.165, 1.54) is 18.2 Å². The van der Waals surface area contributed by atoms with Gasteiger partial charge in [0.05, 0.1) is 12.3 Å². The molecule has 25 heavy (non-hydrogen) atoms. The number of carbonyl (C=O) groups excluding carboxylic acids is 1. The average Bonchev–Trinajstić information content (AvgIpc) is 2.59. The molecule has 2 rings (SSSR count). The number of carboxylic acid groups (broad SMARTS) is 1. The summed E-state index contributed by atoms with van der Waals surface area (Å²) in [5.41, 5.74) is 1.39. The predicted molar refractivity (Wildman–Crippen MR) is 92.5 cm³/mol. The van der Waals surface area contributed by atoms with Crippen molar-refractivity contribution in [1.29, 1.82) is 0 Å². The summed E-state index contributed by atoms with van der Waals surface area (Å²) in [6.07, 6.45) is 1.14. The summed E-state index contributed by atoms with van der Waals surface area (Å²) < 4.78 is 18.9. The molecule has 2 N–H and O–H groups in total. The first kappa shape index (κ1) is 18.4. The first-order valence-corrected chi connectivity index (χ1v) is 8.04. The van der Waals surface area contributed by atoms with Gasteiger partial charge in [0.1, 0.15) is 11.6 Å². The summed E-state index contributed by atoms with van der Waals surface area (Å²) in [6, 6.07) is 10.5. The summed E-state index contributed by atoms with van der Waals surface area (Å²) in [5, 5.41) is 11.5. The lowest BCUT2D eigenvalue weighted by molar-refractivity contribution is -0.136. The van der Waals surface area contributed by atoms with E-state index in [1.807, 2.05) is 6.92 Å². The highest BCUT2D eigenvalue weighted by molar-refractivity contribution is 6.05. The number of halogens is 1. The molecule has 1 amide bonds. The molecule has 0 aromatic heterocycles. The van der Waals surface area contributed by atoms with Crippen molar-refractivity contribution in [3.8, 4) is 5.75 Å². The Morgan fingerprint density at radius 2 is 2.00 bits per heavy atom. The summed E-state index contributed by atoms with van der Waals surface area (Å²) in [6.45, 7) is 2.45. The van der Waals surface area contributed by atoms with E-state index in [1.54, 1.807) is 18.2 Å². The van der Waals surface area contributed by atoms with Crippen molar-refractivity contribution in [2.75, 3.05) is 11.9 Å². The molecule has 0 saturated carbocycles. The van der Waals surface area contributed by atoms with Gasteiger partial charge in [-0.05, 0) is 48.7 Å². The van der Waals surface area contributed by atoms with Crippen molar-refractivity contribution in [2.24, 2.45) is 0 Å². The van der Waals surface area contributed by atoms with Crippen molar-refractivity contribution in [2.45, 2.75) is 26.2 Å². The van der Waals surface area contributed by atoms with Crippen LogP contribution in [0.3, 0.4) is 0 Å². The second kappa shape index (κ2) is 8.82. The van der Waals surface area contributed by atoms with Crippen LogP contribution in [0.15, 0.2) is 42.5 Å². The normalized spacial score (nSPS) is 10.3. The van der Waals surface area contributed by atoms with Crippen molar-refractivity contribution < 1.29 is 23.8 Å². The average molecular weight is 345 g/mol. The number of aliphatic carboxylic acids is 1. The van der Waals surface area contributed by atoms with E-state index < -0.39 is 17.7 Å². The third-order valence-electron chi connectivity index (χ3n) is 3.47. The number of ether oxygens (including phenoxy) is 1. The van der Waals surface area contributed by atoms with E-state index >= 15 is 0 Å². The summed E-state index contributed by atoms with van der Waals surface area (Å²) in [4.78, 5) is 23.1. The molecule has 0 saturated heterocycles. The summed E-state index contributed by atoms with van der Waals surface area (Å²) in [7, 11) is 0. The number of carbonyl (C=O) groups is 2. The molecule has 2 aromatic rings. The maximum atomic E-state index is 13.3. The number of hydrogen-bond donors (Lipinski definition) is 2. The molecule has 0 radical (unpaired) electrons. The van der Waals surface area contributed by atoms with Crippen LogP contribution >= 0.6 is 0 Å². The number of hydrogen-bond acceptors (Lipinski definition) is 3. The number of amides is 1. The maximum Gasteiger partial charge on any atom is 0.303 e. The quantitative estimate of drug-likeness (QED) is 0.761. The monoisotopic (exact) mass is 345 g/mol. The third kappa shape index (κ3) is 5.60. The van der Waals surface area contributed by atoms with Gasteiger partial charge in [0, 0.05) is 12.0 Å². The fraction of sp³-hybridized carbons (Fsp3) is 0.263. The van der Waals surface area contributed by atoms with Gasteiger partial charge in [0.15, 0.2) is 0 Å². The molecule has 0 heterocycles. The smallest absolute Gasteiger partial charge is 0.303 e. The standard InChI is InChI=1S/C19H20FNO4/c1-2-10-25-17-8-6-13(7-9-18(22)23)11-16(17)21-19(24)14-4-3-5-15(20)12-14/h3-6,8,11-12H,2,7,9-10H2,1H3,(H,21,24)(H,22,23). The Morgan fingerprint density at radius 3 is 2.68 bits per heavy atom. The van der Waals surface area contributed by atoms with E-state index in [0.717, 1.165) is 18.1 Å². The van der Waals surface area contributed by atoms with Crippen molar-refractivity contribution in [3.63, 3.8) is 0 Å². The van der Waals surface area contributed by atoms with Crippen molar-refractivity contribution in [3.05, 3.63) is 59.4 Å². The Morgan fingerprint density at radius 1 is 1.20 bits per heavy atom.